The second-order valence-corrected chi connectivity index (χ2v) is 32.6. The molecule has 0 amide bonds. The molecule has 2 heteroatoms. The predicted molar refractivity (Wildman–Crippen MR) is 439 cm³/mol. The maximum atomic E-state index is 2.47. The van der Waals surface area contributed by atoms with Gasteiger partial charge in [0.05, 0.1) is 0 Å². The average Bonchev–Trinajstić information content (AvgIpc) is 1.61. The number of hydrogen-bond donors (Lipinski definition) is 0. The van der Waals surface area contributed by atoms with Crippen LogP contribution in [-0.2, 0) is 27.1 Å². The smallest absolute Gasteiger partial charge is 0.0467 e. The monoisotopic (exact) mass is 1330 g/mol. The summed E-state index contributed by atoms with van der Waals surface area (Å²) in [7, 11) is 0. The Labute approximate surface area is 610 Å². The average molecular weight is 1330 g/mol. The summed E-state index contributed by atoms with van der Waals surface area (Å²) in [4.78, 5) is 4.91. The molecule has 17 rings (SSSR count). The first-order valence-corrected chi connectivity index (χ1v) is 36.8. The number of benzene rings is 14. The van der Waals surface area contributed by atoms with Gasteiger partial charge in [-0.05, 0) is 253 Å². The maximum Gasteiger partial charge on any atom is 0.0467 e. The van der Waals surface area contributed by atoms with E-state index in [0.717, 1.165) is 45.3 Å². The van der Waals surface area contributed by atoms with Crippen LogP contribution in [0.15, 0.2) is 315 Å². The second kappa shape index (κ2) is 24.5. The Morgan fingerprint density at radius 2 is 0.466 bits per heavy atom. The number of hydrogen-bond acceptors (Lipinski definition) is 2. The van der Waals surface area contributed by atoms with E-state index in [1.54, 1.807) is 0 Å². The summed E-state index contributed by atoms with van der Waals surface area (Å²) < 4.78 is 0. The summed E-state index contributed by atoms with van der Waals surface area (Å²) >= 11 is 0. The first-order valence-electron chi connectivity index (χ1n) is 36.8. The highest BCUT2D eigenvalue weighted by Gasteiger charge is 2.39. The molecule has 3 aliphatic rings. The Morgan fingerprint density at radius 1 is 0.184 bits per heavy atom. The zero-order valence-corrected chi connectivity index (χ0v) is 61.4. The Hall–Kier alpha value is -11.3. The third-order valence-corrected chi connectivity index (χ3v) is 23.0. The van der Waals surface area contributed by atoms with E-state index in [1.165, 1.54) is 134 Å². The van der Waals surface area contributed by atoms with E-state index in [1.807, 2.05) is 0 Å². The predicted octanol–water partition coefficient (Wildman–Crippen LogP) is 28.1. The van der Waals surface area contributed by atoms with E-state index in [-0.39, 0.29) is 27.1 Å². The molecule has 0 bridgehead atoms. The minimum absolute atomic E-state index is 0.0297. The van der Waals surface area contributed by atoms with Crippen LogP contribution < -0.4 is 9.80 Å². The fourth-order valence-corrected chi connectivity index (χ4v) is 17.2. The SMILES string of the molecule is CC(C)(C)c1ccc(N(c2cccc(-c3ccc(-c4ccc5c(c4)C(C)(C)c4cc(-c6ccc(-c7cccc(N(c8ccc(C(C)(C)C)cc8)c8ccc9c(c8)C(C)(C)c8ccccc8-9)c7)c(-c7ccccc7)c6)ccc4-5)cc3-c3ccccc3)c2)c2ccc3c(c2)C(C)(C)c2ccccc2-3)cc1. The highest BCUT2D eigenvalue weighted by molar-refractivity contribution is 5.95. The molecular weight excluding hydrogens is 1240 g/mol. The zero-order valence-electron chi connectivity index (χ0n) is 61.4. The van der Waals surface area contributed by atoms with Crippen LogP contribution in [0, 0.1) is 0 Å². The lowest BCUT2D eigenvalue weighted by molar-refractivity contribution is 0.590. The molecule has 0 aromatic heterocycles. The molecule has 0 heterocycles. The quantitative estimate of drug-likeness (QED) is 0.120. The van der Waals surface area contributed by atoms with Crippen molar-refractivity contribution in [3.8, 4) is 100 Å². The van der Waals surface area contributed by atoms with Gasteiger partial charge in [-0.15, -0.1) is 0 Å². The molecule has 0 atom stereocenters. The van der Waals surface area contributed by atoms with Crippen LogP contribution in [0.5, 0.6) is 0 Å². The van der Waals surface area contributed by atoms with Crippen LogP contribution in [-0.4, -0.2) is 0 Å². The van der Waals surface area contributed by atoms with Gasteiger partial charge in [-0.25, -0.2) is 0 Å². The lowest BCUT2D eigenvalue weighted by Crippen LogP contribution is -2.17. The Bertz CT molecular complexity index is 5300. The van der Waals surface area contributed by atoms with Gasteiger partial charge in [0.2, 0.25) is 0 Å². The molecule has 14 aromatic rings. The van der Waals surface area contributed by atoms with Crippen molar-refractivity contribution in [2.24, 2.45) is 0 Å². The number of nitrogens with zero attached hydrogens (tertiary/aromatic N) is 2. The van der Waals surface area contributed by atoms with Gasteiger partial charge in [-0.3, -0.25) is 0 Å². The minimum Gasteiger partial charge on any atom is -0.310 e. The third-order valence-electron chi connectivity index (χ3n) is 23.0. The summed E-state index contributed by atoms with van der Waals surface area (Å²) in [5.74, 6) is 0. The molecule has 14 aromatic carbocycles. The van der Waals surface area contributed by atoms with Gasteiger partial charge in [0.25, 0.3) is 0 Å². The molecule has 0 fully saturated rings. The molecule has 502 valence electrons. The van der Waals surface area contributed by atoms with Crippen molar-refractivity contribution in [1.29, 1.82) is 0 Å². The van der Waals surface area contributed by atoms with Gasteiger partial charge >= 0.3 is 0 Å². The summed E-state index contributed by atoms with van der Waals surface area (Å²) in [5.41, 5.74) is 39.2. The normalized spacial score (nSPS) is 14.1. The third kappa shape index (κ3) is 11.2. The highest BCUT2D eigenvalue weighted by atomic mass is 15.1. The highest BCUT2D eigenvalue weighted by Crippen LogP contribution is 2.55. The molecule has 0 saturated heterocycles. The molecule has 0 unspecified atom stereocenters. The van der Waals surface area contributed by atoms with Gasteiger partial charge < -0.3 is 9.80 Å². The molecule has 103 heavy (non-hydrogen) atoms. The number of rotatable bonds is 12. The Kier molecular flexibility index (Phi) is 15.4. The maximum absolute atomic E-state index is 2.47. The molecule has 0 saturated carbocycles. The van der Waals surface area contributed by atoms with E-state index in [4.69, 9.17) is 0 Å². The van der Waals surface area contributed by atoms with Gasteiger partial charge in [-0.1, -0.05) is 301 Å². The largest absolute Gasteiger partial charge is 0.310 e. The van der Waals surface area contributed by atoms with Crippen molar-refractivity contribution in [1.82, 2.24) is 0 Å². The summed E-state index contributed by atoms with van der Waals surface area (Å²) in [6.45, 7) is 28.0. The van der Waals surface area contributed by atoms with Gasteiger partial charge in [0.15, 0.2) is 0 Å². The fraction of sp³-hybridized carbons (Fsp3) is 0.168. The lowest BCUT2D eigenvalue weighted by Gasteiger charge is -2.29. The van der Waals surface area contributed by atoms with E-state index in [9.17, 15) is 0 Å². The molecule has 0 aliphatic heterocycles. The van der Waals surface area contributed by atoms with Crippen molar-refractivity contribution in [3.63, 3.8) is 0 Å². The Balaban J connectivity index is 0.704. The van der Waals surface area contributed by atoms with Gasteiger partial charge in [-0.2, -0.15) is 0 Å². The lowest BCUT2D eigenvalue weighted by atomic mass is 9.80. The van der Waals surface area contributed by atoms with E-state index in [2.05, 4.69) is 408 Å². The van der Waals surface area contributed by atoms with Crippen molar-refractivity contribution < 1.29 is 0 Å². The fourth-order valence-electron chi connectivity index (χ4n) is 17.2. The molecule has 0 N–H and O–H groups in total. The molecule has 0 spiro atoms. The molecule has 3 aliphatic carbocycles. The molecule has 0 radical (unpaired) electrons. The van der Waals surface area contributed by atoms with Crippen molar-refractivity contribution in [2.45, 2.75) is 110 Å². The van der Waals surface area contributed by atoms with Crippen molar-refractivity contribution >= 4 is 34.1 Å². The second-order valence-electron chi connectivity index (χ2n) is 32.6. The summed E-state index contributed by atoms with van der Waals surface area (Å²) in [6.07, 6.45) is 0. The minimum atomic E-state index is -0.267. The van der Waals surface area contributed by atoms with E-state index < -0.39 is 0 Å². The van der Waals surface area contributed by atoms with Crippen LogP contribution in [0.3, 0.4) is 0 Å². The first-order chi connectivity index (χ1) is 49.6. The van der Waals surface area contributed by atoms with E-state index >= 15 is 0 Å². The van der Waals surface area contributed by atoms with Crippen molar-refractivity contribution in [3.05, 3.63) is 360 Å². The Morgan fingerprint density at radius 3 is 0.845 bits per heavy atom. The van der Waals surface area contributed by atoms with Crippen LogP contribution in [0.25, 0.3) is 100 Å². The summed E-state index contributed by atoms with van der Waals surface area (Å²) in [5, 5.41) is 0. The van der Waals surface area contributed by atoms with Crippen molar-refractivity contribution in [2.75, 3.05) is 9.80 Å². The van der Waals surface area contributed by atoms with E-state index in [0.29, 0.717) is 0 Å². The van der Waals surface area contributed by atoms with Gasteiger partial charge in [0, 0.05) is 50.4 Å². The van der Waals surface area contributed by atoms with Crippen LogP contribution in [0.2, 0.25) is 0 Å². The van der Waals surface area contributed by atoms with Crippen LogP contribution in [0.1, 0.15) is 128 Å². The standard InChI is InChI=1S/C101H88N2/c1-97(2,3)73-41-45-75(46-42-73)102(79-49-55-87-83-33-19-21-35-91(83)99(7,8)95(87)63-79)77-31-23-29-71(57-77)81-51-37-67(59-89(81)65-25-15-13-16-26-65)69-39-53-85-86-54-40-70(62-94(86)101(11,12)93(85)61-69)68-38-52-82(90(60-68)66-27-17-14-18-28-66)72-30-24-32-78(58-72)103(76-47-43-74(44-48-76)98(4,5)6)80-50-56-88-84-34-20-22-36-92(84)100(9,10)96(88)64-80/h13-64H,1-12H3. The van der Waals surface area contributed by atoms with Crippen LogP contribution in [0.4, 0.5) is 34.1 Å². The summed E-state index contributed by atoms with van der Waals surface area (Å²) in [6, 6.07) is 119. The van der Waals surface area contributed by atoms with Crippen LogP contribution >= 0.6 is 0 Å². The zero-order chi connectivity index (χ0) is 70.9. The topological polar surface area (TPSA) is 6.48 Å². The number of fused-ring (bicyclic) bond motifs is 9. The number of anilines is 6. The molecule has 2 nitrogen and oxygen atoms in total. The molecular formula is C101H88N2. The first kappa shape index (κ1) is 65.0. The van der Waals surface area contributed by atoms with Gasteiger partial charge in [0.1, 0.15) is 0 Å².